The number of anilines is 1. The molecule has 0 saturated carbocycles. The Bertz CT molecular complexity index is 4790. The summed E-state index contributed by atoms with van der Waals surface area (Å²) in [4.78, 5) is 100. The largest absolute Gasteiger partial charge is 0.498 e. The van der Waals surface area contributed by atoms with E-state index in [1.54, 1.807) is 95.4 Å². The Balaban J connectivity index is 0.000000177. The first-order valence-corrected chi connectivity index (χ1v) is 42.0. The number of thiophene rings is 2. The van der Waals surface area contributed by atoms with Gasteiger partial charge in [-0.1, -0.05) is 60.1 Å². The molecule has 119 heavy (non-hydrogen) atoms. The summed E-state index contributed by atoms with van der Waals surface area (Å²) in [6.07, 6.45) is 5.86. The van der Waals surface area contributed by atoms with E-state index in [9.17, 15) is 46.3 Å². The molecule has 0 bridgehead atoms. The van der Waals surface area contributed by atoms with Crippen LogP contribution in [0.15, 0.2) is 141 Å². The Hall–Kier alpha value is -9.43. The van der Waals surface area contributed by atoms with Gasteiger partial charge in [-0.05, 0) is 191 Å². The van der Waals surface area contributed by atoms with Gasteiger partial charge >= 0.3 is 37.4 Å². The van der Waals surface area contributed by atoms with Gasteiger partial charge in [-0.25, -0.2) is 71.3 Å². The van der Waals surface area contributed by atoms with Gasteiger partial charge in [0.1, 0.15) is 58.1 Å². The number of fused-ring (bicyclic) bond motifs is 2. The smallest absolute Gasteiger partial charge is 0.444 e. The summed E-state index contributed by atoms with van der Waals surface area (Å²) in [5, 5.41) is 19.7. The van der Waals surface area contributed by atoms with Gasteiger partial charge in [-0.15, -0.1) is 22.7 Å². The van der Waals surface area contributed by atoms with E-state index in [1.165, 1.54) is 72.3 Å². The highest BCUT2D eigenvalue weighted by Gasteiger charge is 2.52. The van der Waals surface area contributed by atoms with Crippen molar-refractivity contribution in [2.75, 3.05) is 110 Å². The van der Waals surface area contributed by atoms with E-state index in [4.69, 9.17) is 30.4 Å². The number of rotatable bonds is 10. The van der Waals surface area contributed by atoms with Crippen LogP contribution in [-0.4, -0.2) is 225 Å². The van der Waals surface area contributed by atoms with Crippen molar-refractivity contribution in [3.63, 3.8) is 0 Å². The van der Waals surface area contributed by atoms with Crippen molar-refractivity contribution in [3.8, 4) is 0 Å². The van der Waals surface area contributed by atoms with Crippen LogP contribution < -0.4 is 36.9 Å². The first-order chi connectivity index (χ1) is 56.4. The average molecular weight is 1830 g/mol. The highest BCUT2D eigenvalue weighted by atomic mass is 79.9. The van der Waals surface area contributed by atoms with Crippen molar-refractivity contribution in [3.05, 3.63) is 192 Å². The maximum atomic E-state index is 12.9. The molecule has 14 rings (SSSR count). The quantitative estimate of drug-likeness (QED) is 0.0279. The predicted molar refractivity (Wildman–Crippen MR) is 461 cm³/mol. The summed E-state index contributed by atoms with van der Waals surface area (Å²) in [7, 11) is 1.60. The molecule has 9 aromatic rings. The van der Waals surface area contributed by atoms with Gasteiger partial charge in [0.05, 0.1) is 51.4 Å². The number of aryl methyl sites for hydroxylation is 2. The number of carbonyl (C=O) groups excluding carboxylic acids is 6. The molecule has 4 aromatic carbocycles. The van der Waals surface area contributed by atoms with E-state index in [0.29, 0.717) is 77.1 Å². The second kappa shape index (κ2) is 45.3. The summed E-state index contributed by atoms with van der Waals surface area (Å²) in [6, 6.07) is 27.6. The summed E-state index contributed by atoms with van der Waals surface area (Å²) >= 11 is 15.8. The number of aliphatic imine (C=N–C) groups is 1. The van der Waals surface area contributed by atoms with Gasteiger partial charge in [0.2, 0.25) is 6.08 Å². The Morgan fingerprint density at radius 1 is 0.546 bits per heavy atom. The Labute approximate surface area is 720 Å². The third kappa shape index (κ3) is 31.3. The maximum Gasteiger partial charge on any atom is 0.498 e. The number of aromatic nitrogens is 6. The molecule has 5 aromatic heterocycles. The highest BCUT2D eigenvalue weighted by molar-refractivity contribution is 9.11. The van der Waals surface area contributed by atoms with Crippen LogP contribution in [0.5, 0.6) is 0 Å². The van der Waals surface area contributed by atoms with Gasteiger partial charge < -0.3 is 74.8 Å². The standard InChI is InChI=1S/C18H17BrFN5OS.C17H24FN3O3.C12H16FN3O.C11H19BN2O2.C9H18N2O2.C8H6FNO.C6H2BrClN2S/c19-15-9-14-16(27-15)17(23-11-22-14)24-5-7-25(8-6-24)18(26)21-10-12-1-3-13(20)4-2-12;1-17(2,3)24-16(23)21-10-8-20(9-11-21)15(22)19-12-13-4-6-14(18)7-5-13;13-11-3-1-10(2-4-11)9-15-12(17)16-7-5-14-6-8-16;1-8-9(7-14(6)13-8)12-15-10(2,3)11(4,5)16-12;1-9(2,3)13-8(12)11-6-4-10-5-7-11;9-8-3-1-7(2-4-8)5-10-6-11;7-4-1-3-5(11-4)6(8)10-2-9-3/h1-4,9,11H,5-8,10H2,(H,21,26);4-7H,8-12H2,1-3H3,(H,19,22);1-4,14H,5-9H2,(H,15,17);7H,1-6H3;10H,4-7H2,1-3H3;1-4H,5H2;1-2H. The van der Waals surface area contributed by atoms with Crippen molar-refractivity contribution >= 4 is 141 Å². The summed E-state index contributed by atoms with van der Waals surface area (Å²) < 4.78 is 79.1. The lowest BCUT2D eigenvalue weighted by Crippen LogP contribution is -2.53. The molecule has 5 aliphatic heterocycles. The fraction of sp³-hybridized carbons (Fsp3) is 0.444. The second-order valence-corrected chi connectivity index (χ2v) is 35.8. The zero-order valence-corrected chi connectivity index (χ0v) is 74.3. The fourth-order valence-electron chi connectivity index (χ4n) is 11.6. The van der Waals surface area contributed by atoms with Crippen LogP contribution in [0.25, 0.3) is 20.4 Å². The van der Waals surface area contributed by atoms with Crippen molar-refractivity contribution in [1.29, 1.82) is 0 Å². The van der Waals surface area contributed by atoms with E-state index in [2.05, 4.69) is 121 Å². The normalized spacial score (nSPS) is 15.5. The van der Waals surface area contributed by atoms with E-state index in [1.807, 2.05) is 73.8 Å². The molecule has 0 unspecified atom stereocenters. The molecule has 0 atom stereocenters. The minimum Gasteiger partial charge on any atom is -0.444 e. The predicted octanol–water partition coefficient (Wildman–Crippen LogP) is 13.8. The van der Waals surface area contributed by atoms with Crippen LogP contribution in [0.1, 0.15) is 97.2 Å². The van der Waals surface area contributed by atoms with Crippen LogP contribution >= 0.6 is 66.1 Å². The summed E-state index contributed by atoms with van der Waals surface area (Å²) in [6.45, 7) is 33.5. The molecule has 28 nitrogen and oxygen atoms in total. The number of ether oxygens (including phenoxy) is 2. The van der Waals surface area contributed by atoms with Gasteiger partial charge in [0.25, 0.3) is 0 Å². The fourth-order valence-corrected chi connectivity index (χ4v) is 14.9. The minimum absolute atomic E-state index is 0.0594. The molecular formula is C81H102BBr2ClF4N18O10S2. The van der Waals surface area contributed by atoms with E-state index in [0.717, 1.165) is 120 Å². The summed E-state index contributed by atoms with van der Waals surface area (Å²) in [5.74, 6) is -0.214. The first kappa shape index (κ1) is 95.1. The average Bonchev–Trinajstić information content (AvgIpc) is 1.61. The maximum absolute atomic E-state index is 12.9. The molecule has 640 valence electrons. The second-order valence-electron chi connectivity index (χ2n) is 30.6. The molecule has 0 aliphatic carbocycles. The zero-order valence-electron chi connectivity index (χ0n) is 68.7. The molecule has 5 N–H and O–H groups in total. The van der Waals surface area contributed by atoms with Crippen molar-refractivity contribution in [2.45, 2.75) is 125 Å². The number of hydrogen-bond acceptors (Lipinski definition) is 21. The Morgan fingerprint density at radius 3 is 1.29 bits per heavy atom. The molecule has 5 aliphatic rings. The SMILES string of the molecule is CC(C)(C)OC(=O)N1CCN(C(=O)NCc2ccc(F)cc2)CC1.CC(C)(C)OC(=O)N1CCNCC1.Cc1nn(C)cc1B1OC(C)(C)C(C)(C)O1.Clc1ncnc2cc(Br)sc12.O=C(NCc1ccc(F)cc1)N1CCN(c2ncnc3cc(Br)sc23)CC1.O=C(NCc1ccc(F)cc1)N1CCNCC1.O=C=NCc1ccc(F)cc1. The monoisotopic (exact) mass is 1830 g/mol. The van der Waals surface area contributed by atoms with E-state index < -0.39 is 5.60 Å². The zero-order chi connectivity index (χ0) is 86.6. The van der Waals surface area contributed by atoms with Crippen LogP contribution in [-0.2, 0) is 56.8 Å². The summed E-state index contributed by atoms with van der Waals surface area (Å²) in [5.41, 5.74) is 5.69. The number of nitrogens with one attached hydrogen (secondary N) is 5. The van der Waals surface area contributed by atoms with Crippen molar-refractivity contribution in [1.82, 2.24) is 80.8 Å². The van der Waals surface area contributed by atoms with Gasteiger partial charge in [0, 0.05) is 143 Å². The third-order valence-corrected chi connectivity index (χ3v) is 22.3. The van der Waals surface area contributed by atoms with Crippen molar-refractivity contribution in [2.24, 2.45) is 12.0 Å². The van der Waals surface area contributed by atoms with Crippen LogP contribution in [0.4, 0.5) is 47.4 Å². The minimum atomic E-state index is -0.527. The van der Waals surface area contributed by atoms with Gasteiger partial charge in [-0.2, -0.15) is 5.10 Å². The molecule has 5 fully saturated rings. The molecule has 0 spiro atoms. The lowest BCUT2D eigenvalue weighted by atomic mass is 9.79. The van der Waals surface area contributed by atoms with E-state index >= 15 is 0 Å². The third-order valence-electron chi connectivity index (χ3n) is 18.6. The Morgan fingerprint density at radius 2 is 0.899 bits per heavy atom. The first-order valence-electron chi connectivity index (χ1n) is 38.4. The number of nitrogens with zero attached hydrogens (tertiary/aromatic N) is 13. The number of piperazine rings is 4. The number of urea groups is 3. The van der Waals surface area contributed by atoms with Crippen LogP contribution in [0, 0.1) is 30.2 Å². The topological polar surface area (TPSA) is 301 Å². The molecule has 38 heteroatoms. The molecule has 0 radical (unpaired) electrons. The number of isocyanates is 1. The number of benzene rings is 4. The number of amides is 8. The van der Waals surface area contributed by atoms with Gasteiger partial charge in [0.15, 0.2) is 0 Å². The molecule has 5 saturated heterocycles. The molecule has 10 heterocycles. The molecule has 8 amide bonds. The van der Waals surface area contributed by atoms with Crippen LogP contribution in [0.2, 0.25) is 5.15 Å². The number of hydrogen-bond donors (Lipinski definition) is 5. The lowest BCUT2D eigenvalue weighted by Gasteiger charge is -2.35. The molecular weight excluding hydrogens is 1730 g/mol. The van der Waals surface area contributed by atoms with Gasteiger partial charge in [-0.3, -0.25) is 4.68 Å². The van der Waals surface area contributed by atoms with Crippen LogP contribution in [0.3, 0.4) is 0 Å². The lowest BCUT2D eigenvalue weighted by molar-refractivity contribution is 0.00578. The van der Waals surface area contributed by atoms with Crippen molar-refractivity contribution < 1.29 is 65.1 Å². The Kier molecular flexibility index (Phi) is 36.2. The van der Waals surface area contributed by atoms with E-state index in [-0.39, 0.29) is 84.0 Å². The number of halogens is 7. The highest BCUT2D eigenvalue weighted by Crippen LogP contribution is 2.38. The number of carbonyl (C=O) groups is 5.